The van der Waals surface area contributed by atoms with Gasteiger partial charge in [0.05, 0.1) is 11.7 Å². The first-order valence-electron chi connectivity index (χ1n) is 8.62. The van der Waals surface area contributed by atoms with E-state index in [1.807, 2.05) is 0 Å². The largest absolute Gasteiger partial charge is 0.370 e. The number of ether oxygens (including phenoxy) is 1. The van der Waals surface area contributed by atoms with Gasteiger partial charge in [-0.2, -0.15) is 0 Å². The second-order valence-corrected chi connectivity index (χ2v) is 7.26. The third kappa shape index (κ3) is 3.90. The number of alkyl halides is 1. The van der Waals surface area contributed by atoms with Crippen LogP contribution in [0.2, 0.25) is 0 Å². The highest BCUT2D eigenvalue weighted by Crippen LogP contribution is 2.41. The summed E-state index contributed by atoms with van der Waals surface area (Å²) in [6, 6.07) is 0. The zero-order valence-electron chi connectivity index (χ0n) is 13.3. The van der Waals surface area contributed by atoms with Gasteiger partial charge in [-0.3, -0.25) is 0 Å². The predicted molar refractivity (Wildman–Crippen MR) is 86.5 cm³/mol. The SMILES string of the molecule is CCC(CC)(CCl)CNCC1CCC2(CCCCC2)O1. The van der Waals surface area contributed by atoms with Crippen LogP contribution in [-0.2, 0) is 4.74 Å². The number of hydrogen-bond donors (Lipinski definition) is 1. The van der Waals surface area contributed by atoms with E-state index in [1.165, 1.54) is 44.9 Å². The maximum atomic E-state index is 6.41. The van der Waals surface area contributed by atoms with Crippen molar-refractivity contribution in [2.75, 3.05) is 19.0 Å². The Morgan fingerprint density at radius 2 is 1.85 bits per heavy atom. The third-order valence-corrected chi connectivity index (χ3v) is 6.33. The number of halogens is 1. The average molecular weight is 302 g/mol. The normalized spacial score (nSPS) is 26.2. The van der Waals surface area contributed by atoms with Crippen molar-refractivity contribution in [3.63, 3.8) is 0 Å². The van der Waals surface area contributed by atoms with Crippen molar-refractivity contribution in [2.45, 2.75) is 83.3 Å². The first-order chi connectivity index (χ1) is 9.67. The van der Waals surface area contributed by atoms with Gasteiger partial charge in [0.15, 0.2) is 0 Å². The van der Waals surface area contributed by atoms with Crippen molar-refractivity contribution >= 4 is 11.6 Å². The molecule has 0 aromatic rings. The molecule has 1 saturated heterocycles. The summed E-state index contributed by atoms with van der Waals surface area (Å²) >= 11 is 6.17. The second kappa shape index (κ2) is 7.47. The summed E-state index contributed by atoms with van der Waals surface area (Å²) in [5.41, 5.74) is 0.520. The maximum absolute atomic E-state index is 6.41. The minimum Gasteiger partial charge on any atom is -0.370 e. The van der Waals surface area contributed by atoms with Crippen LogP contribution >= 0.6 is 11.6 Å². The molecular weight excluding hydrogens is 270 g/mol. The van der Waals surface area contributed by atoms with E-state index in [2.05, 4.69) is 19.2 Å². The van der Waals surface area contributed by atoms with E-state index in [9.17, 15) is 0 Å². The zero-order chi connectivity index (χ0) is 14.5. The van der Waals surface area contributed by atoms with Crippen LogP contribution in [0.25, 0.3) is 0 Å². The smallest absolute Gasteiger partial charge is 0.0708 e. The van der Waals surface area contributed by atoms with Gasteiger partial charge in [0, 0.05) is 19.0 Å². The Morgan fingerprint density at radius 1 is 1.15 bits per heavy atom. The van der Waals surface area contributed by atoms with E-state index < -0.39 is 0 Å². The predicted octanol–water partition coefficient (Wildman–Crippen LogP) is 4.50. The summed E-state index contributed by atoms with van der Waals surface area (Å²) < 4.78 is 6.41. The standard InChI is InChI=1S/C17H32ClNO/c1-3-16(4-2,13-18)14-19-12-15-8-11-17(20-15)9-6-5-7-10-17/h15,19H,3-14H2,1-2H3. The quantitative estimate of drug-likeness (QED) is 0.699. The molecule has 2 rings (SSSR count). The lowest BCUT2D eigenvalue weighted by Crippen LogP contribution is -2.39. The average Bonchev–Trinajstić information content (AvgIpc) is 2.88. The number of rotatable bonds is 7. The lowest BCUT2D eigenvalue weighted by atomic mass is 9.83. The van der Waals surface area contributed by atoms with Crippen LogP contribution in [0.4, 0.5) is 0 Å². The van der Waals surface area contributed by atoms with Crippen molar-refractivity contribution in [3.8, 4) is 0 Å². The maximum Gasteiger partial charge on any atom is 0.0708 e. The second-order valence-electron chi connectivity index (χ2n) is 6.99. The lowest BCUT2D eigenvalue weighted by molar-refractivity contribution is -0.0627. The molecule has 1 atom stereocenters. The number of nitrogens with one attached hydrogen (secondary N) is 1. The van der Waals surface area contributed by atoms with Crippen molar-refractivity contribution in [1.29, 1.82) is 0 Å². The Balaban J connectivity index is 1.73. The summed E-state index contributed by atoms with van der Waals surface area (Å²) in [7, 11) is 0. The highest BCUT2D eigenvalue weighted by atomic mass is 35.5. The van der Waals surface area contributed by atoms with Crippen LogP contribution in [0.1, 0.15) is 71.6 Å². The lowest BCUT2D eigenvalue weighted by Gasteiger charge is -2.34. The van der Waals surface area contributed by atoms with Crippen molar-refractivity contribution < 1.29 is 4.74 Å². The van der Waals surface area contributed by atoms with E-state index in [4.69, 9.17) is 16.3 Å². The molecule has 1 saturated carbocycles. The van der Waals surface area contributed by atoms with Gasteiger partial charge in [-0.05, 0) is 43.9 Å². The Bertz CT molecular complexity index is 276. The molecule has 1 N–H and O–H groups in total. The molecule has 1 heterocycles. The molecule has 0 aromatic heterocycles. The molecule has 0 amide bonds. The summed E-state index contributed by atoms with van der Waals surface area (Å²) in [6.07, 6.45) is 11.9. The molecule has 0 bridgehead atoms. The first-order valence-corrected chi connectivity index (χ1v) is 9.15. The Kier molecular flexibility index (Phi) is 6.19. The van der Waals surface area contributed by atoms with Crippen molar-refractivity contribution in [3.05, 3.63) is 0 Å². The molecule has 118 valence electrons. The zero-order valence-corrected chi connectivity index (χ0v) is 14.1. The fourth-order valence-corrected chi connectivity index (χ4v) is 4.31. The van der Waals surface area contributed by atoms with E-state index in [0.717, 1.165) is 31.8 Å². The molecule has 1 unspecified atom stereocenters. The van der Waals surface area contributed by atoms with Crippen molar-refractivity contribution in [1.82, 2.24) is 5.32 Å². The minimum atomic E-state index is 0.254. The summed E-state index contributed by atoms with van der Waals surface area (Å²) in [6.45, 7) is 6.52. The van der Waals surface area contributed by atoms with E-state index in [-0.39, 0.29) is 11.0 Å². The van der Waals surface area contributed by atoms with E-state index in [0.29, 0.717) is 6.10 Å². The minimum absolute atomic E-state index is 0.254. The molecule has 2 fully saturated rings. The molecule has 1 aliphatic heterocycles. The van der Waals surface area contributed by atoms with Crippen LogP contribution in [0.5, 0.6) is 0 Å². The van der Waals surface area contributed by atoms with Gasteiger partial charge < -0.3 is 10.1 Å². The molecular formula is C17H32ClNO. The van der Waals surface area contributed by atoms with Gasteiger partial charge >= 0.3 is 0 Å². The van der Waals surface area contributed by atoms with Gasteiger partial charge in [-0.25, -0.2) is 0 Å². The Hall–Kier alpha value is 0.210. The molecule has 1 aliphatic carbocycles. The Morgan fingerprint density at radius 3 is 2.45 bits per heavy atom. The van der Waals surface area contributed by atoms with Gasteiger partial charge in [-0.1, -0.05) is 33.1 Å². The van der Waals surface area contributed by atoms with Crippen LogP contribution in [0, 0.1) is 5.41 Å². The molecule has 2 aliphatic rings. The molecule has 2 nitrogen and oxygen atoms in total. The molecule has 0 aromatic carbocycles. The molecule has 3 heteroatoms. The molecule has 20 heavy (non-hydrogen) atoms. The van der Waals surface area contributed by atoms with Crippen molar-refractivity contribution in [2.24, 2.45) is 5.41 Å². The topological polar surface area (TPSA) is 21.3 Å². The highest BCUT2D eigenvalue weighted by molar-refractivity contribution is 6.18. The third-order valence-electron chi connectivity index (χ3n) is 5.76. The first kappa shape index (κ1) is 16.6. The molecule has 1 spiro atoms. The molecule has 0 radical (unpaired) electrons. The van der Waals surface area contributed by atoms with Crippen LogP contribution in [0.3, 0.4) is 0 Å². The van der Waals surface area contributed by atoms with Crippen LogP contribution in [-0.4, -0.2) is 30.7 Å². The van der Waals surface area contributed by atoms with E-state index >= 15 is 0 Å². The Labute approximate surface area is 130 Å². The van der Waals surface area contributed by atoms with Gasteiger partial charge in [0.25, 0.3) is 0 Å². The summed E-state index contributed by atoms with van der Waals surface area (Å²) in [5, 5.41) is 3.63. The summed E-state index contributed by atoms with van der Waals surface area (Å²) in [4.78, 5) is 0. The monoisotopic (exact) mass is 301 g/mol. The van der Waals surface area contributed by atoms with Gasteiger partial charge in [0.2, 0.25) is 0 Å². The van der Waals surface area contributed by atoms with Gasteiger partial charge in [-0.15, -0.1) is 11.6 Å². The highest BCUT2D eigenvalue weighted by Gasteiger charge is 2.40. The fraction of sp³-hybridized carbons (Fsp3) is 1.00. The fourth-order valence-electron chi connectivity index (χ4n) is 3.84. The van der Waals surface area contributed by atoms with Crippen LogP contribution in [0.15, 0.2) is 0 Å². The van der Waals surface area contributed by atoms with E-state index in [1.54, 1.807) is 0 Å². The van der Waals surface area contributed by atoms with Crippen LogP contribution < -0.4 is 5.32 Å². The summed E-state index contributed by atoms with van der Waals surface area (Å²) in [5.74, 6) is 0.752. The van der Waals surface area contributed by atoms with Gasteiger partial charge in [0.1, 0.15) is 0 Å². The number of hydrogen-bond acceptors (Lipinski definition) is 2.